The van der Waals surface area contributed by atoms with E-state index in [1.165, 1.54) is 13.2 Å². The molecule has 1 aromatic carbocycles. The van der Waals surface area contributed by atoms with Crippen LogP contribution >= 0.6 is 15.9 Å². The molecule has 0 unspecified atom stereocenters. The van der Waals surface area contributed by atoms with E-state index in [2.05, 4.69) is 15.9 Å². The van der Waals surface area contributed by atoms with Gasteiger partial charge in [0.15, 0.2) is 17.3 Å². The van der Waals surface area contributed by atoms with Gasteiger partial charge in [0.05, 0.1) is 17.1 Å². The Morgan fingerprint density at radius 3 is 2.73 bits per heavy atom. The van der Waals surface area contributed by atoms with Gasteiger partial charge < -0.3 is 4.74 Å². The summed E-state index contributed by atoms with van der Waals surface area (Å²) < 4.78 is 19.2. The van der Waals surface area contributed by atoms with Gasteiger partial charge in [-0.2, -0.15) is 0 Å². The maximum atomic E-state index is 13.8. The minimum Gasteiger partial charge on any atom is -0.492 e. The van der Waals surface area contributed by atoms with Crippen LogP contribution in [0.15, 0.2) is 16.6 Å². The normalized spacial score (nSPS) is 15.1. The van der Waals surface area contributed by atoms with Crippen molar-refractivity contribution in [2.24, 2.45) is 5.92 Å². The Kier molecular flexibility index (Phi) is 2.78. The lowest BCUT2D eigenvalue weighted by Gasteiger charge is -2.08. The zero-order valence-electron chi connectivity index (χ0n) is 8.22. The summed E-state index contributed by atoms with van der Waals surface area (Å²) in [6.45, 7) is 0. The molecule has 2 rings (SSSR count). The van der Waals surface area contributed by atoms with Crippen LogP contribution in [-0.4, -0.2) is 12.9 Å². The van der Waals surface area contributed by atoms with Crippen LogP contribution in [0.5, 0.6) is 5.75 Å². The number of carbonyl (C=O) groups excluding carboxylic acids is 1. The molecular formula is C11H10BrFO2. The Hall–Kier alpha value is -0.900. The molecule has 1 saturated carbocycles. The van der Waals surface area contributed by atoms with Gasteiger partial charge in [0.25, 0.3) is 0 Å². The molecular weight excluding hydrogens is 263 g/mol. The monoisotopic (exact) mass is 272 g/mol. The lowest BCUT2D eigenvalue weighted by Crippen LogP contribution is -2.06. The second-order valence-electron chi connectivity index (χ2n) is 3.58. The van der Waals surface area contributed by atoms with Gasteiger partial charge >= 0.3 is 0 Å². The molecule has 15 heavy (non-hydrogen) atoms. The molecule has 0 aromatic heterocycles. The predicted molar refractivity (Wildman–Crippen MR) is 57.7 cm³/mol. The summed E-state index contributed by atoms with van der Waals surface area (Å²) in [6, 6.07) is 3.14. The fourth-order valence-electron chi connectivity index (χ4n) is 1.48. The van der Waals surface area contributed by atoms with E-state index in [-0.39, 0.29) is 23.0 Å². The summed E-state index contributed by atoms with van der Waals surface area (Å²) in [4.78, 5) is 11.7. The standard InChI is InChI=1S/C11H10BrFO2/c1-15-11-8(12)5-4-7(9(11)13)10(14)6-2-3-6/h4-6H,2-3H2,1H3. The van der Waals surface area contributed by atoms with E-state index in [0.29, 0.717) is 4.47 Å². The van der Waals surface area contributed by atoms with Crippen molar-refractivity contribution in [2.45, 2.75) is 12.8 Å². The number of methoxy groups -OCH3 is 1. The highest BCUT2D eigenvalue weighted by Crippen LogP contribution is 2.36. The van der Waals surface area contributed by atoms with E-state index in [4.69, 9.17) is 4.74 Å². The summed E-state index contributed by atoms with van der Waals surface area (Å²) in [5, 5.41) is 0. The van der Waals surface area contributed by atoms with Crippen molar-refractivity contribution < 1.29 is 13.9 Å². The molecule has 80 valence electrons. The minimum atomic E-state index is -0.566. The maximum Gasteiger partial charge on any atom is 0.177 e. The molecule has 1 aliphatic rings. The molecule has 0 bridgehead atoms. The Bertz CT molecular complexity index is 413. The third kappa shape index (κ3) is 1.91. The summed E-state index contributed by atoms with van der Waals surface area (Å²) in [6.07, 6.45) is 1.74. The number of ether oxygens (including phenoxy) is 1. The molecule has 0 amide bonds. The van der Waals surface area contributed by atoms with Crippen LogP contribution in [0.2, 0.25) is 0 Å². The van der Waals surface area contributed by atoms with E-state index < -0.39 is 5.82 Å². The fourth-order valence-corrected chi connectivity index (χ4v) is 1.94. The van der Waals surface area contributed by atoms with Crippen molar-refractivity contribution in [3.63, 3.8) is 0 Å². The Labute approximate surface area is 95.6 Å². The number of rotatable bonds is 3. The van der Waals surface area contributed by atoms with Gasteiger partial charge in [-0.05, 0) is 40.9 Å². The summed E-state index contributed by atoms with van der Waals surface area (Å²) in [5.74, 6) is -0.561. The molecule has 4 heteroatoms. The maximum absolute atomic E-state index is 13.8. The van der Waals surface area contributed by atoms with Crippen LogP contribution in [0.3, 0.4) is 0 Å². The summed E-state index contributed by atoms with van der Waals surface area (Å²) in [5.41, 5.74) is 0.137. The zero-order chi connectivity index (χ0) is 11.0. The third-order valence-electron chi connectivity index (χ3n) is 2.47. The minimum absolute atomic E-state index is 0.0189. The molecule has 0 N–H and O–H groups in total. The third-order valence-corrected chi connectivity index (χ3v) is 3.09. The molecule has 0 atom stereocenters. The van der Waals surface area contributed by atoms with Gasteiger partial charge in [-0.15, -0.1) is 0 Å². The number of Topliss-reactive ketones (excluding diaryl/α,β-unsaturated/α-hetero) is 1. The molecule has 0 heterocycles. The van der Waals surface area contributed by atoms with Crippen LogP contribution in [0.4, 0.5) is 4.39 Å². The highest BCUT2D eigenvalue weighted by Gasteiger charge is 2.32. The van der Waals surface area contributed by atoms with E-state index in [9.17, 15) is 9.18 Å². The van der Waals surface area contributed by atoms with Gasteiger partial charge in [-0.1, -0.05) is 0 Å². The predicted octanol–water partition coefficient (Wildman–Crippen LogP) is 3.19. The number of hydrogen-bond donors (Lipinski definition) is 0. The quantitative estimate of drug-likeness (QED) is 0.790. The largest absolute Gasteiger partial charge is 0.492 e. The van der Waals surface area contributed by atoms with Crippen LogP contribution in [0, 0.1) is 11.7 Å². The first kappa shape index (κ1) is 10.6. The second-order valence-corrected chi connectivity index (χ2v) is 4.44. The van der Waals surface area contributed by atoms with Gasteiger partial charge in [0.2, 0.25) is 0 Å². The zero-order valence-corrected chi connectivity index (χ0v) is 9.80. The molecule has 2 nitrogen and oxygen atoms in total. The fraction of sp³-hybridized carbons (Fsp3) is 0.364. The topological polar surface area (TPSA) is 26.3 Å². The molecule has 1 aromatic rings. The Morgan fingerprint density at radius 2 is 2.20 bits per heavy atom. The summed E-state index contributed by atoms with van der Waals surface area (Å²) >= 11 is 3.17. The number of halogens is 2. The number of benzene rings is 1. The van der Waals surface area contributed by atoms with Crippen LogP contribution in [-0.2, 0) is 0 Å². The Morgan fingerprint density at radius 1 is 1.53 bits per heavy atom. The SMILES string of the molecule is COc1c(Br)ccc(C(=O)C2CC2)c1F. The molecule has 0 aliphatic heterocycles. The van der Waals surface area contributed by atoms with Crippen molar-refractivity contribution >= 4 is 21.7 Å². The highest BCUT2D eigenvalue weighted by atomic mass is 79.9. The lowest BCUT2D eigenvalue weighted by molar-refractivity contribution is 0.0963. The first-order valence-corrected chi connectivity index (χ1v) is 5.50. The number of hydrogen-bond acceptors (Lipinski definition) is 2. The molecule has 0 spiro atoms. The van der Waals surface area contributed by atoms with Gasteiger partial charge in [0.1, 0.15) is 0 Å². The average Bonchev–Trinajstić information content (AvgIpc) is 3.01. The first-order chi connectivity index (χ1) is 7.15. The number of ketones is 1. The van der Waals surface area contributed by atoms with Gasteiger partial charge in [-0.25, -0.2) is 4.39 Å². The van der Waals surface area contributed by atoms with Gasteiger partial charge in [0, 0.05) is 5.92 Å². The first-order valence-electron chi connectivity index (χ1n) is 4.71. The molecule has 1 fully saturated rings. The molecule has 1 aliphatic carbocycles. The molecule has 0 radical (unpaired) electrons. The van der Waals surface area contributed by atoms with Crippen LogP contribution in [0.25, 0.3) is 0 Å². The van der Waals surface area contributed by atoms with Crippen molar-refractivity contribution in [3.05, 3.63) is 28.0 Å². The molecule has 0 saturated heterocycles. The smallest absolute Gasteiger partial charge is 0.177 e. The van der Waals surface area contributed by atoms with Gasteiger partial charge in [-0.3, -0.25) is 4.79 Å². The lowest BCUT2D eigenvalue weighted by atomic mass is 10.1. The number of carbonyl (C=O) groups is 1. The van der Waals surface area contributed by atoms with E-state index in [1.807, 2.05) is 0 Å². The summed E-state index contributed by atoms with van der Waals surface area (Å²) in [7, 11) is 1.38. The van der Waals surface area contributed by atoms with Crippen LogP contribution in [0.1, 0.15) is 23.2 Å². The average molecular weight is 273 g/mol. The Balaban J connectivity index is 2.43. The second kappa shape index (κ2) is 3.93. The van der Waals surface area contributed by atoms with E-state index in [0.717, 1.165) is 12.8 Å². The van der Waals surface area contributed by atoms with Crippen molar-refractivity contribution in [2.75, 3.05) is 7.11 Å². The van der Waals surface area contributed by atoms with E-state index in [1.54, 1.807) is 6.07 Å². The highest BCUT2D eigenvalue weighted by molar-refractivity contribution is 9.10. The van der Waals surface area contributed by atoms with Crippen LogP contribution < -0.4 is 4.74 Å². The van der Waals surface area contributed by atoms with Crippen molar-refractivity contribution in [3.8, 4) is 5.75 Å². The van der Waals surface area contributed by atoms with Crippen molar-refractivity contribution in [1.82, 2.24) is 0 Å². The van der Waals surface area contributed by atoms with Crippen molar-refractivity contribution in [1.29, 1.82) is 0 Å². The van der Waals surface area contributed by atoms with E-state index >= 15 is 0 Å².